The van der Waals surface area contributed by atoms with Gasteiger partial charge in [-0.05, 0) is 0 Å². The van der Waals surface area contributed by atoms with E-state index in [1.807, 2.05) is 0 Å². The highest BCUT2D eigenvalue weighted by atomic mass is 35.5. The fourth-order valence-electron chi connectivity index (χ4n) is 0.613. The van der Waals surface area contributed by atoms with Gasteiger partial charge < -0.3 is 15.8 Å². The zero-order valence-electron chi connectivity index (χ0n) is 5.47. The van der Waals surface area contributed by atoms with Crippen molar-refractivity contribution in [2.75, 3.05) is 7.11 Å². The quantitative estimate of drug-likeness (QED) is 0.419. The van der Waals surface area contributed by atoms with E-state index in [1.165, 1.54) is 13.3 Å². The SMILES string of the molecule is COC1=C(N)NC(Cl)C=N1. The van der Waals surface area contributed by atoms with Gasteiger partial charge in [0.25, 0.3) is 5.88 Å². The standard InChI is InChI=1S/C5H8ClN3O/c1-10-5-4(7)9-3(6)2-8-5/h2-3,9H,7H2,1H3. The van der Waals surface area contributed by atoms with Gasteiger partial charge >= 0.3 is 0 Å². The number of methoxy groups -OCH3 is 1. The monoisotopic (exact) mass is 161 g/mol. The highest BCUT2D eigenvalue weighted by Crippen LogP contribution is 2.06. The third kappa shape index (κ3) is 1.33. The second kappa shape index (κ2) is 2.79. The van der Waals surface area contributed by atoms with Gasteiger partial charge in [-0.25, -0.2) is 4.99 Å². The predicted octanol–water partition coefficient (Wildman–Crippen LogP) is -0.0430. The molecular formula is C5H8ClN3O. The number of alkyl halides is 1. The van der Waals surface area contributed by atoms with Crippen LogP contribution in [0.25, 0.3) is 0 Å². The average Bonchev–Trinajstić information content (AvgIpc) is 1.88. The molecule has 5 heteroatoms. The van der Waals surface area contributed by atoms with Gasteiger partial charge in [0, 0.05) is 6.21 Å². The minimum atomic E-state index is -0.334. The van der Waals surface area contributed by atoms with Crippen molar-refractivity contribution in [3.05, 3.63) is 11.7 Å². The molecule has 1 heterocycles. The van der Waals surface area contributed by atoms with Crippen molar-refractivity contribution >= 4 is 17.8 Å². The summed E-state index contributed by atoms with van der Waals surface area (Å²) in [5, 5.41) is 2.73. The summed E-state index contributed by atoms with van der Waals surface area (Å²) in [6.45, 7) is 0. The molecule has 0 amide bonds. The average molecular weight is 162 g/mol. The summed E-state index contributed by atoms with van der Waals surface area (Å²) in [6.07, 6.45) is 1.51. The number of nitrogens with two attached hydrogens (primary N) is 1. The van der Waals surface area contributed by atoms with Crippen LogP contribution in [0.1, 0.15) is 0 Å². The van der Waals surface area contributed by atoms with Gasteiger partial charge in [0.05, 0.1) is 7.11 Å². The van der Waals surface area contributed by atoms with Crippen molar-refractivity contribution in [1.82, 2.24) is 5.32 Å². The summed E-state index contributed by atoms with van der Waals surface area (Å²) in [4.78, 5) is 3.82. The lowest BCUT2D eigenvalue weighted by Crippen LogP contribution is -2.33. The van der Waals surface area contributed by atoms with Crippen molar-refractivity contribution in [3.63, 3.8) is 0 Å². The zero-order chi connectivity index (χ0) is 7.56. The molecule has 0 spiro atoms. The summed E-state index contributed by atoms with van der Waals surface area (Å²) in [6, 6.07) is 0. The molecule has 1 aliphatic rings. The number of ether oxygens (including phenoxy) is 1. The molecule has 1 unspecified atom stereocenters. The number of hydrogen-bond acceptors (Lipinski definition) is 4. The van der Waals surface area contributed by atoms with E-state index in [1.54, 1.807) is 0 Å². The van der Waals surface area contributed by atoms with Crippen molar-refractivity contribution in [1.29, 1.82) is 0 Å². The van der Waals surface area contributed by atoms with E-state index < -0.39 is 0 Å². The Balaban J connectivity index is 2.73. The third-order valence-electron chi connectivity index (χ3n) is 1.04. The second-order valence-corrected chi connectivity index (χ2v) is 2.22. The van der Waals surface area contributed by atoms with Crippen molar-refractivity contribution in [2.24, 2.45) is 10.7 Å². The molecule has 1 aliphatic heterocycles. The van der Waals surface area contributed by atoms with E-state index in [0.717, 1.165) is 0 Å². The largest absolute Gasteiger partial charge is 0.478 e. The van der Waals surface area contributed by atoms with Crippen molar-refractivity contribution in [2.45, 2.75) is 5.50 Å². The first-order valence-electron chi connectivity index (χ1n) is 2.72. The fraction of sp³-hybridized carbons (Fsp3) is 0.400. The van der Waals surface area contributed by atoms with Crippen LogP contribution in [0.5, 0.6) is 0 Å². The number of rotatable bonds is 1. The number of aliphatic imine (C=N–C) groups is 1. The van der Waals surface area contributed by atoms with E-state index >= 15 is 0 Å². The van der Waals surface area contributed by atoms with Crippen LogP contribution in [0, 0.1) is 0 Å². The Hall–Kier alpha value is -0.900. The molecule has 1 atom stereocenters. The summed E-state index contributed by atoms with van der Waals surface area (Å²) in [7, 11) is 1.50. The molecule has 10 heavy (non-hydrogen) atoms. The van der Waals surface area contributed by atoms with Crippen LogP contribution in [0.15, 0.2) is 16.7 Å². The van der Waals surface area contributed by atoms with Crippen LogP contribution in [0.4, 0.5) is 0 Å². The first-order chi connectivity index (χ1) is 4.74. The molecule has 0 saturated carbocycles. The Labute approximate surface area is 63.7 Å². The van der Waals surface area contributed by atoms with Gasteiger partial charge in [0.2, 0.25) is 0 Å². The molecule has 1 rings (SSSR count). The topological polar surface area (TPSA) is 59.6 Å². The molecule has 0 aliphatic carbocycles. The third-order valence-corrected chi connectivity index (χ3v) is 1.26. The van der Waals surface area contributed by atoms with Crippen LogP contribution >= 0.6 is 11.6 Å². The van der Waals surface area contributed by atoms with E-state index in [4.69, 9.17) is 22.1 Å². The smallest absolute Gasteiger partial charge is 0.254 e. The van der Waals surface area contributed by atoms with Crippen LogP contribution < -0.4 is 11.1 Å². The predicted molar refractivity (Wildman–Crippen MR) is 39.5 cm³/mol. The van der Waals surface area contributed by atoms with E-state index in [-0.39, 0.29) is 5.50 Å². The number of nitrogens with one attached hydrogen (secondary N) is 1. The molecule has 3 N–H and O–H groups in total. The Morgan fingerprint density at radius 1 is 1.90 bits per heavy atom. The summed E-state index contributed by atoms with van der Waals surface area (Å²) in [5.74, 6) is 0.738. The molecule has 0 bridgehead atoms. The van der Waals surface area contributed by atoms with Crippen LogP contribution in [-0.2, 0) is 4.74 Å². The normalized spacial score (nSPS) is 24.4. The van der Waals surface area contributed by atoms with E-state index in [9.17, 15) is 0 Å². The van der Waals surface area contributed by atoms with Crippen LogP contribution in [0.3, 0.4) is 0 Å². The first-order valence-corrected chi connectivity index (χ1v) is 3.16. The lowest BCUT2D eigenvalue weighted by Gasteiger charge is -2.15. The van der Waals surface area contributed by atoms with Crippen LogP contribution in [-0.4, -0.2) is 18.8 Å². The van der Waals surface area contributed by atoms with E-state index in [2.05, 4.69) is 10.3 Å². The van der Waals surface area contributed by atoms with Crippen LogP contribution in [0.2, 0.25) is 0 Å². The lowest BCUT2D eigenvalue weighted by molar-refractivity contribution is 0.278. The minimum Gasteiger partial charge on any atom is -0.478 e. The second-order valence-electron chi connectivity index (χ2n) is 1.75. The molecule has 56 valence electrons. The van der Waals surface area contributed by atoms with Crippen molar-refractivity contribution in [3.8, 4) is 0 Å². The Kier molecular flexibility index (Phi) is 2.01. The highest BCUT2D eigenvalue weighted by Gasteiger charge is 2.11. The van der Waals surface area contributed by atoms with Gasteiger partial charge in [-0.2, -0.15) is 0 Å². The maximum absolute atomic E-state index is 5.60. The fourth-order valence-corrected chi connectivity index (χ4v) is 0.787. The summed E-state index contributed by atoms with van der Waals surface area (Å²) < 4.78 is 4.79. The van der Waals surface area contributed by atoms with Gasteiger partial charge in [0.15, 0.2) is 5.82 Å². The molecule has 0 saturated heterocycles. The maximum atomic E-state index is 5.60. The highest BCUT2D eigenvalue weighted by molar-refractivity contribution is 6.28. The number of halogens is 1. The van der Waals surface area contributed by atoms with Crippen molar-refractivity contribution < 1.29 is 4.74 Å². The Morgan fingerprint density at radius 2 is 2.60 bits per heavy atom. The molecular weight excluding hydrogens is 154 g/mol. The summed E-state index contributed by atoms with van der Waals surface area (Å²) >= 11 is 5.60. The van der Waals surface area contributed by atoms with E-state index in [0.29, 0.717) is 11.7 Å². The molecule has 0 aromatic rings. The maximum Gasteiger partial charge on any atom is 0.254 e. The zero-order valence-corrected chi connectivity index (χ0v) is 6.22. The summed E-state index contributed by atoms with van der Waals surface area (Å²) in [5.41, 5.74) is 5.09. The molecule has 0 aromatic heterocycles. The van der Waals surface area contributed by atoms with Gasteiger partial charge in [-0.3, -0.25) is 0 Å². The van der Waals surface area contributed by atoms with Gasteiger partial charge in [-0.1, -0.05) is 11.6 Å². The molecule has 0 fully saturated rings. The molecule has 0 radical (unpaired) electrons. The Morgan fingerprint density at radius 3 is 3.10 bits per heavy atom. The Bertz CT molecular complexity index is 189. The molecule has 4 nitrogen and oxygen atoms in total. The lowest BCUT2D eigenvalue weighted by atomic mass is 10.5. The number of hydrogen-bond donors (Lipinski definition) is 2. The first kappa shape index (κ1) is 7.21. The number of nitrogens with zero attached hydrogens (tertiary/aromatic N) is 1. The molecule has 0 aromatic carbocycles. The van der Waals surface area contributed by atoms with Gasteiger partial charge in [0.1, 0.15) is 5.50 Å². The van der Waals surface area contributed by atoms with Gasteiger partial charge in [-0.15, -0.1) is 0 Å². The minimum absolute atomic E-state index is 0.334.